The lowest BCUT2D eigenvalue weighted by Crippen LogP contribution is -1.85. The SMILES string of the molecule is COc1cc(Br)cc(Br)c1S. The molecule has 0 fully saturated rings. The quantitative estimate of drug-likeness (QED) is 0.781. The van der Waals surface area contributed by atoms with Crippen LogP contribution in [0, 0.1) is 0 Å². The fraction of sp³-hybridized carbons (Fsp3) is 0.143. The summed E-state index contributed by atoms with van der Waals surface area (Å²) in [6.07, 6.45) is 0. The number of rotatable bonds is 1. The van der Waals surface area contributed by atoms with Crippen LogP contribution in [0.25, 0.3) is 0 Å². The first kappa shape index (κ1) is 9.42. The van der Waals surface area contributed by atoms with Gasteiger partial charge in [-0.15, -0.1) is 12.6 Å². The molecule has 0 heterocycles. The van der Waals surface area contributed by atoms with Crippen LogP contribution >= 0.6 is 44.5 Å². The van der Waals surface area contributed by atoms with Crippen LogP contribution in [0.2, 0.25) is 0 Å². The number of benzene rings is 1. The fourth-order valence-corrected chi connectivity index (χ4v) is 2.10. The molecule has 1 aromatic rings. The molecular formula is C7H6Br2OS. The predicted octanol–water partition coefficient (Wildman–Crippen LogP) is 3.51. The minimum Gasteiger partial charge on any atom is -0.496 e. The van der Waals surface area contributed by atoms with Gasteiger partial charge in [-0.25, -0.2) is 0 Å². The lowest BCUT2D eigenvalue weighted by atomic mass is 10.3. The molecule has 1 rings (SSSR count). The Morgan fingerprint density at radius 2 is 2.00 bits per heavy atom. The Morgan fingerprint density at radius 1 is 1.36 bits per heavy atom. The lowest BCUT2D eigenvalue weighted by Gasteiger charge is -2.05. The number of hydrogen-bond donors (Lipinski definition) is 1. The molecule has 0 N–H and O–H groups in total. The molecule has 0 atom stereocenters. The van der Waals surface area contributed by atoms with Crippen molar-refractivity contribution in [2.24, 2.45) is 0 Å². The third-order valence-corrected chi connectivity index (χ3v) is 3.06. The van der Waals surface area contributed by atoms with Crippen LogP contribution in [-0.4, -0.2) is 7.11 Å². The molecule has 0 radical (unpaired) electrons. The monoisotopic (exact) mass is 296 g/mol. The highest BCUT2D eigenvalue weighted by atomic mass is 79.9. The van der Waals surface area contributed by atoms with E-state index in [2.05, 4.69) is 44.5 Å². The largest absolute Gasteiger partial charge is 0.496 e. The van der Waals surface area contributed by atoms with E-state index in [-0.39, 0.29) is 0 Å². The van der Waals surface area contributed by atoms with Crippen LogP contribution in [0.3, 0.4) is 0 Å². The van der Waals surface area contributed by atoms with E-state index in [0.717, 1.165) is 19.6 Å². The van der Waals surface area contributed by atoms with Gasteiger partial charge in [-0.2, -0.15) is 0 Å². The van der Waals surface area contributed by atoms with Crippen LogP contribution in [0.1, 0.15) is 0 Å². The van der Waals surface area contributed by atoms with Crippen LogP contribution in [-0.2, 0) is 0 Å². The first-order chi connectivity index (χ1) is 5.15. The van der Waals surface area contributed by atoms with Crippen molar-refractivity contribution in [1.82, 2.24) is 0 Å². The van der Waals surface area contributed by atoms with Crippen molar-refractivity contribution in [1.29, 1.82) is 0 Å². The highest BCUT2D eigenvalue weighted by molar-refractivity contribution is 9.11. The third kappa shape index (κ3) is 2.13. The van der Waals surface area contributed by atoms with Gasteiger partial charge in [0.2, 0.25) is 0 Å². The molecular weight excluding hydrogens is 292 g/mol. The minimum atomic E-state index is 0.759. The Labute approximate surface area is 87.8 Å². The van der Waals surface area contributed by atoms with Crippen molar-refractivity contribution < 1.29 is 4.74 Å². The summed E-state index contributed by atoms with van der Waals surface area (Å²) in [5.41, 5.74) is 0. The third-order valence-electron chi connectivity index (χ3n) is 1.21. The maximum Gasteiger partial charge on any atom is 0.134 e. The zero-order chi connectivity index (χ0) is 8.43. The van der Waals surface area contributed by atoms with Gasteiger partial charge in [0.05, 0.1) is 12.0 Å². The van der Waals surface area contributed by atoms with E-state index in [0.29, 0.717) is 0 Å². The van der Waals surface area contributed by atoms with Crippen LogP contribution in [0.15, 0.2) is 26.0 Å². The van der Waals surface area contributed by atoms with Crippen molar-refractivity contribution >= 4 is 44.5 Å². The molecule has 0 saturated heterocycles. The molecule has 4 heteroatoms. The highest BCUT2D eigenvalue weighted by Gasteiger charge is 2.04. The summed E-state index contributed by atoms with van der Waals surface area (Å²) < 4.78 is 6.96. The Hall–Kier alpha value is 0.330. The van der Waals surface area contributed by atoms with Gasteiger partial charge in [0.25, 0.3) is 0 Å². The summed E-state index contributed by atoms with van der Waals surface area (Å²) in [4.78, 5) is 0.815. The van der Waals surface area contributed by atoms with Gasteiger partial charge in [0.15, 0.2) is 0 Å². The van der Waals surface area contributed by atoms with E-state index >= 15 is 0 Å². The molecule has 11 heavy (non-hydrogen) atoms. The van der Waals surface area contributed by atoms with Crippen molar-refractivity contribution in [2.75, 3.05) is 7.11 Å². The normalized spacial score (nSPS) is 9.82. The van der Waals surface area contributed by atoms with Gasteiger partial charge in [-0.05, 0) is 28.1 Å². The van der Waals surface area contributed by atoms with Crippen LogP contribution < -0.4 is 4.74 Å². The molecule has 0 bridgehead atoms. The summed E-state index contributed by atoms with van der Waals surface area (Å²) in [7, 11) is 1.62. The molecule has 0 unspecified atom stereocenters. The van der Waals surface area contributed by atoms with E-state index in [1.807, 2.05) is 12.1 Å². The topological polar surface area (TPSA) is 9.23 Å². The second kappa shape index (κ2) is 3.83. The van der Waals surface area contributed by atoms with Gasteiger partial charge < -0.3 is 4.74 Å². The first-order valence-electron chi connectivity index (χ1n) is 2.87. The number of thiol groups is 1. The molecule has 0 spiro atoms. The molecule has 0 amide bonds. The number of ether oxygens (including phenoxy) is 1. The van der Waals surface area contributed by atoms with Gasteiger partial charge in [-0.1, -0.05) is 15.9 Å². The summed E-state index contributed by atoms with van der Waals surface area (Å²) in [5, 5.41) is 0. The van der Waals surface area contributed by atoms with Gasteiger partial charge in [-0.3, -0.25) is 0 Å². The van der Waals surface area contributed by atoms with E-state index in [9.17, 15) is 0 Å². The zero-order valence-electron chi connectivity index (χ0n) is 5.77. The minimum absolute atomic E-state index is 0.759. The fourth-order valence-electron chi connectivity index (χ4n) is 0.698. The first-order valence-corrected chi connectivity index (χ1v) is 4.90. The van der Waals surface area contributed by atoms with Gasteiger partial charge in [0.1, 0.15) is 5.75 Å². The summed E-state index contributed by atoms with van der Waals surface area (Å²) >= 11 is 10.9. The van der Waals surface area contributed by atoms with Crippen molar-refractivity contribution in [3.05, 3.63) is 21.1 Å². The average Bonchev–Trinajstić information content (AvgIpc) is 1.96. The van der Waals surface area contributed by atoms with Crippen molar-refractivity contribution in [3.8, 4) is 5.75 Å². The smallest absolute Gasteiger partial charge is 0.134 e. The molecule has 0 aliphatic heterocycles. The van der Waals surface area contributed by atoms with Gasteiger partial charge >= 0.3 is 0 Å². The maximum atomic E-state index is 5.07. The standard InChI is InChI=1S/C7H6Br2OS/c1-10-6-3-4(8)2-5(9)7(6)11/h2-3,11H,1H3. The predicted molar refractivity (Wildman–Crippen MR) is 55.6 cm³/mol. The number of hydrogen-bond acceptors (Lipinski definition) is 2. The maximum absolute atomic E-state index is 5.07. The van der Waals surface area contributed by atoms with Gasteiger partial charge in [0, 0.05) is 8.95 Å². The van der Waals surface area contributed by atoms with E-state index in [1.54, 1.807) is 7.11 Å². The van der Waals surface area contributed by atoms with E-state index in [4.69, 9.17) is 4.74 Å². The molecule has 0 aliphatic rings. The summed E-state index contributed by atoms with van der Waals surface area (Å²) in [6.45, 7) is 0. The molecule has 60 valence electrons. The van der Waals surface area contributed by atoms with Crippen molar-refractivity contribution in [3.63, 3.8) is 0 Å². The average molecular weight is 298 g/mol. The zero-order valence-corrected chi connectivity index (χ0v) is 9.83. The molecule has 0 aromatic heterocycles. The second-order valence-electron chi connectivity index (χ2n) is 1.94. The summed E-state index contributed by atoms with van der Waals surface area (Å²) in [5.74, 6) is 0.759. The lowest BCUT2D eigenvalue weighted by molar-refractivity contribution is 0.404. The summed E-state index contributed by atoms with van der Waals surface area (Å²) in [6, 6.07) is 3.79. The Balaban J connectivity index is 3.24. The molecule has 1 aromatic carbocycles. The molecule has 0 saturated carbocycles. The van der Waals surface area contributed by atoms with Crippen molar-refractivity contribution in [2.45, 2.75) is 4.90 Å². The van der Waals surface area contributed by atoms with E-state index in [1.165, 1.54) is 0 Å². The highest BCUT2D eigenvalue weighted by Crippen LogP contribution is 2.33. The Morgan fingerprint density at radius 3 is 2.55 bits per heavy atom. The molecule has 1 nitrogen and oxygen atoms in total. The number of methoxy groups -OCH3 is 1. The number of halogens is 2. The van der Waals surface area contributed by atoms with Crippen LogP contribution in [0.5, 0.6) is 5.75 Å². The Bertz CT molecular complexity index is 275. The molecule has 0 aliphatic carbocycles. The van der Waals surface area contributed by atoms with E-state index < -0.39 is 0 Å². The Kier molecular flexibility index (Phi) is 3.28. The van der Waals surface area contributed by atoms with Crippen LogP contribution in [0.4, 0.5) is 0 Å². The second-order valence-corrected chi connectivity index (χ2v) is 4.16.